The van der Waals surface area contributed by atoms with Gasteiger partial charge in [-0.25, -0.2) is 5.43 Å². The molecular weight excluding hydrogens is 482 g/mol. The third-order valence-corrected chi connectivity index (χ3v) is 5.75. The van der Waals surface area contributed by atoms with Crippen molar-refractivity contribution in [2.75, 3.05) is 49.1 Å². The first-order valence-corrected chi connectivity index (χ1v) is 12.3. The highest BCUT2D eigenvalue weighted by molar-refractivity contribution is 5.81. The number of hydrogen-bond acceptors (Lipinski definition) is 10. The summed E-state index contributed by atoms with van der Waals surface area (Å²) < 4.78 is 16.9. The van der Waals surface area contributed by atoms with Gasteiger partial charge in [0.25, 0.3) is 0 Å². The summed E-state index contributed by atoms with van der Waals surface area (Å²) in [5.74, 6) is 2.58. The molecule has 194 valence electrons. The van der Waals surface area contributed by atoms with Gasteiger partial charge in [0.15, 0.2) is 11.5 Å². The van der Waals surface area contributed by atoms with E-state index in [2.05, 4.69) is 35.7 Å². The van der Waals surface area contributed by atoms with Crippen LogP contribution in [0.25, 0.3) is 0 Å². The number of morpholine rings is 1. The zero-order valence-electron chi connectivity index (χ0n) is 21.1. The average Bonchev–Trinajstić information content (AvgIpc) is 2.98. The first-order valence-electron chi connectivity index (χ1n) is 12.3. The second kappa shape index (κ2) is 12.5. The molecule has 0 amide bonds. The van der Waals surface area contributed by atoms with Crippen molar-refractivity contribution < 1.29 is 14.2 Å². The molecule has 1 fully saturated rings. The van der Waals surface area contributed by atoms with Gasteiger partial charge in [0.1, 0.15) is 6.61 Å². The Morgan fingerprint density at radius 2 is 1.63 bits per heavy atom. The van der Waals surface area contributed by atoms with Crippen LogP contribution in [-0.2, 0) is 11.3 Å². The van der Waals surface area contributed by atoms with Gasteiger partial charge in [0.2, 0.25) is 17.8 Å². The molecule has 10 heteroatoms. The topological polar surface area (TPSA) is 106 Å². The van der Waals surface area contributed by atoms with Crippen LogP contribution in [-0.4, -0.2) is 54.6 Å². The van der Waals surface area contributed by atoms with Crippen LogP contribution in [0.2, 0.25) is 0 Å². The number of hydrogen-bond donors (Lipinski definition) is 2. The van der Waals surface area contributed by atoms with Crippen LogP contribution in [0.3, 0.4) is 0 Å². The van der Waals surface area contributed by atoms with Gasteiger partial charge < -0.3 is 24.4 Å². The maximum absolute atomic E-state index is 5.94. The quantitative estimate of drug-likeness (QED) is 0.235. The summed E-state index contributed by atoms with van der Waals surface area (Å²) in [4.78, 5) is 15.7. The third kappa shape index (κ3) is 6.74. The van der Waals surface area contributed by atoms with Crippen molar-refractivity contribution in [1.82, 2.24) is 15.0 Å². The highest BCUT2D eigenvalue weighted by Gasteiger charge is 2.17. The van der Waals surface area contributed by atoms with Crippen LogP contribution < -0.4 is 25.1 Å². The second-order valence-corrected chi connectivity index (χ2v) is 8.43. The molecule has 2 N–H and O–H groups in total. The largest absolute Gasteiger partial charge is 0.493 e. The van der Waals surface area contributed by atoms with Gasteiger partial charge in [-0.3, -0.25) is 0 Å². The molecule has 1 aliphatic heterocycles. The Morgan fingerprint density at radius 1 is 0.895 bits per heavy atom. The van der Waals surface area contributed by atoms with Gasteiger partial charge in [0, 0.05) is 18.8 Å². The number of rotatable bonds is 10. The minimum absolute atomic E-state index is 0.325. The van der Waals surface area contributed by atoms with E-state index in [1.165, 1.54) is 0 Å². The summed E-state index contributed by atoms with van der Waals surface area (Å²) in [6.07, 6.45) is 1.67. The maximum atomic E-state index is 5.94. The molecule has 38 heavy (non-hydrogen) atoms. The van der Waals surface area contributed by atoms with Gasteiger partial charge in [-0.1, -0.05) is 48.5 Å². The van der Waals surface area contributed by atoms with E-state index < -0.39 is 0 Å². The van der Waals surface area contributed by atoms with Crippen molar-refractivity contribution in [1.29, 1.82) is 0 Å². The molecular formula is C28H29N7O3. The van der Waals surface area contributed by atoms with E-state index in [0.717, 1.165) is 16.8 Å². The number of nitrogens with one attached hydrogen (secondary N) is 2. The third-order valence-electron chi connectivity index (χ3n) is 5.75. The number of benzene rings is 3. The normalized spacial score (nSPS) is 13.3. The molecule has 0 atom stereocenters. The van der Waals surface area contributed by atoms with E-state index in [1.54, 1.807) is 13.3 Å². The summed E-state index contributed by atoms with van der Waals surface area (Å²) in [7, 11) is 1.61. The molecule has 2 heterocycles. The number of methoxy groups -OCH3 is 1. The van der Waals surface area contributed by atoms with E-state index >= 15 is 0 Å². The molecule has 0 unspecified atom stereocenters. The second-order valence-electron chi connectivity index (χ2n) is 8.43. The Kier molecular flexibility index (Phi) is 8.22. The number of ether oxygens (including phenoxy) is 3. The summed E-state index contributed by atoms with van der Waals surface area (Å²) in [5, 5.41) is 7.58. The maximum Gasteiger partial charge on any atom is 0.250 e. The predicted octanol–water partition coefficient (Wildman–Crippen LogP) is 4.49. The van der Waals surface area contributed by atoms with Crippen LogP contribution >= 0.6 is 0 Å². The van der Waals surface area contributed by atoms with Gasteiger partial charge in [-0.15, -0.1) is 0 Å². The molecule has 0 radical (unpaired) electrons. The first-order chi connectivity index (χ1) is 18.8. The van der Waals surface area contributed by atoms with Crippen molar-refractivity contribution in [3.8, 4) is 11.5 Å². The van der Waals surface area contributed by atoms with Crippen LogP contribution in [0, 0.1) is 0 Å². The minimum atomic E-state index is 0.325. The lowest BCUT2D eigenvalue weighted by Crippen LogP contribution is -2.37. The van der Waals surface area contributed by atoms with E-state index in [0.29, 0.717) is 62.3 Å². The van der Waals surface area contributed by atoms with Gasteiger partial charge >= 0.3 is 0 Å². The fourth-order valence-electron chi connectivity index (χ4n) is 3.81. The first kappa shape index (κ1) is 25.0. The van der Waals surface area contributed by atoms with Crippen molar-refractivity contribution in [3.05, 3.63) is 90.0 Å². The van der Waals surface area contributed by atoms with Crippen LogP contribution in [0.4, 0.5) is 23.5 Å². The van der Waals surface area contributed by atoms with Crippen LogP contribution in [0.5, 0.6) is 11.5 Å². The van der Waals surface area contributed by atoms with Crippen LogP contribution in [0.15, 0.2) is 84.0 Å². The van der Waals surface area contributed by atoms with Crippen molar-refractivity contribution >= 4 is 29.7 Å². The van der Waals surface area contributed by atoms with Gasteiger partial charge in [-0.05, 0) is 41.5 Å². The molecule has 4 aromatic rings. The summed E-state index contributed by atoms with van der Waals surface area (Å²) >= 11 is 0. The Labute approximate surface area is 221 Å². The van der Waals surface area contributed by atoms with Gasteiger partial charge in [0.05, 0.1) is 26.5 Å². The molecule has 1 saturated heterocycles. The number of aromatic nitrogens is 3. The Hall–Kier alpha value is -4.70. The fourth-order valence-corrected chi connectivity index (χ4v) is 3.81. The van der Waals surface area contributed by atoms with E-state index in [9.17, 15) is 0 Å². The average molecular weight is 512 g/mol. The zero-order chi connectivity index (χ0) is 26.0. The zero-order valence-corrected chi connectivity index (χ0v) is 21.1. The lowest BCUT2D eigenvalue weighted by molar-refractivity contribution is 0.122. The summed E-state index contributed by atoms with van der Waals surface area (Å²) in [6, 6.07) is 25.4. The molecule has 10 nitrogen and oxygen atoms in total. The fraction of sp³-hybridized carbons (Fsp3) is 0.214. The van der Waals surface area contributed by atoms with Crippen LogP contribution in [0.1, 0.15) is 11.1 Å². The Morgan fingerprint density at radius 3 is 2.39 bits per heavy atom. The molecule has 1 aromatic heterocycles. The standard InChI is InChI=1S/C28H29N7O3/c1-36-25-18-22(12-13-24(25)38-20-21-8-4-2-5-9-21)19-29-34-27-31-26(30-23-10-6-3-7-11-23)32-28(33-27)35-14-16-37-17-15-35/h2-13,18-19H,14-17,20H2,1H3,(H2,30,31,32,33,34)/b29-19-. The minimum Gasteiger partial charge on any atom is -0.493 e. The van der Waals surface area contributed by atoms with E-state index in [-0.39, 0.29) is 0 Å². The van der Waals surface area contributed by atoms with Crippen molar-refractivity contribution in [2.24, 2.45) is 5.10 Å². The van der Waals surface area contributed by atoms with Crippen molar-refractivity contribution in [2.45, 2.75) is 6.61 Å². The highest BCUT2D eigenvalue weighted by Crippen LogP contribution is 2.28. The summed E-state index contributed by atoms with van der Waals surface area (Å²) in [6.45, 7) is 3.12. The lowest BCUT2D eigenvalue weighted by atomic mass is 10.2. The summed E-state index contributed by atoms with van der Waals surface area (Å²) in [5.41, 5.74) is 5.72. The Bertz CT molecular complexity index is 1350. The molecule has 5 rings (SSSR count). The number of para-hydroxylation sites is 1. The SMILES string of the molecule is COc1cc(/C=N\Nc2nc(Nc3ccccc3)nc(N3CCOCC3)n2)ccc1OCc1ccccc1. The molecule has 0 spiro atoms. The number of hydrazone groups is 1. The van der Waals surface area contributed by atoms with Gasteiger partial charge in [-0.2, -0.15) is 20.1 Å². The van der Waals surface area contributed by atoms with E-state index in [1.807, 2.05) is 78.9 Å². The highest BCUT2D eigenvalue weighted by atomic mass is 16.5. The predicted molar refractivity (Wildman–Crippen MR) is 148 cm³/mol. The molecule has 1 aliphatic rings. The number of nitrogens with zero attached hydrogens (tertiary/aromatic N) is 5. The molecule has 3 aromatic carbocycles. The lowest BCUT2D eigenvalue weighted by Gasteiger charge is -2.27. The number of anilines is 4. The molecule has 0 bridgehead atoms. The molecule has 0 saturated carbocycles. The Balaban J connectivity index is 1.29. The van der Waals surface area contributed by atoms with Crippen molar-refractivity contribution in [3.63, 3.8) is 0 Å². The van der Waals surface area contributed by atoms with E-state index in [4.69, 9.17) is 14.2 Å². The smallest absolute Gasteiger partial charge is 0.250 e. The molecule has 0 aliphatic carbocycles. The monoisotopic (exact) mass is 511 g/mol.